The van der Waals surface area contributed by atoms with E-state index in [-0.39, 0.29) is 12.1 Å². The van der Waals surface area contributed by atoms with Crippen LogP contribution in [0.2, 0.25) is 0 Å². The first-order valence-electron chi connectivity index (χ1n) is 7.52. The van der Waals surface area contributed by atoms with Crippen LogP contribution in [0.1, 0.15) is 59.3 Å². The molecule has 0 amide bonds. The van der Waals surface area contributed by atoms with E-state index in [9.17, 15) is 4.79 Å². The van der Waals surface area contributed by atoms with Crippen LogP contribution in [0.3, 0.4) is 0 Å². The highest BCUT2D eigenvalue weighted by molar-refractivity contribution is 5.81. The van der Waals surface area contributed by atoms with E-state index < -0.39 is 5.60 Å². The van der Waals surface area contributed by atoms with Gasteiger partial charge in [0.15, 0.2) is 0 Å². The average molecular weight is 268 g/mol. The molecule has 0 aliphatic heterocycles. The lowest BCUT2D eigenvalue weighted by atomic mass is 9.75. The zero-order valence-electron chi connectivity index (χ0n) is 12.6. The summed E-state index contributed by atoms with van der Waals surface area (Å²) in [5.74, 6) is 0.353. The zero-order valence-corrected chi connectivity index (χ0v) is 12.6. The normalized spacial score (nSPS) is 30.9. The Morgan fingerprint density at radius 3 is 2.79 bits per heavy atom. The molecule has 1 rings (SSSR count). The van der Waals surface area contributed by atoms with Crippen molar-refractivity contribution in [1.82, 2.24) is 0 Å². The molecule has 0 aromatic rings. The fourth-order valence-electron chi connectivity index (χ4n) is 2.91. The van der Waals surface area contributed by atoms with Crippen LogP contribution in [0, 0.1) is 5.92 Å². The number of hydrogen-bond acceptors (Lipinski definition) is 3. The van der Waals surface area contributed by atoms with Crippen LogP contribution in [-0.4, -0.2) is 24.3 Å². The zero-order chi connectivity index (χ0) is 14.3. The second kappa shape index (κ2) is 7.68. The first kappa shape index (κ1) is 16.2. The fourth-order valence-corrected chi connectivity index (χ4v) is 2.91. The molecule has 1 saturated carbocycles. The van der Waals surface area contributed by atoms with Crippen LogP contribution in [0.5, 0.6) is 0 Å². The van der Waals surface area contributed by atoms with E-state index in [0.717, 1.165) is 19.3 Å². The molecule has 3 atom stereocenters. The van der Waals surface area contributed by atoms with Crippen molar-refractivity contribution in [2.24, 2.45) is 5.92 Å². The summed E-state index contributed by atoms with van der Waals surface area (Å²) in [5, 5.41) is 0. The molecule has 3 unspecified atom stereocenters. The van der Waals surface area contributed by atoms with Gasteiger partial charge in [0.25, 0.3) is 0 Å². The molecule has 1 aliphatic carbocycles. The highest BCUT2D eigenvalue weighted by atomic mass is 16.6. The molecule has 0 spiro atoms. The van der Waals surface area contributed by atoms with Crippen LogP contribution in [0.4, 0.5) is 0 Å². The molecule has 0 aromatic heterocycles. The lowest BCUT2D eigenvalue weighted by Gasteiger charge is -2.43. The lowest BCUT2D eigenvalue weighted by molar-refractivity contribution is -0.180. The molecule has 19 heavy (non-hydrogen) atoms. The number of hydrogen-bond donors (Lipinski definition) is 0. The molecule has 3 heteroatoms. The Bertz CT molecular complexity index is 300. The van der Waals surface area contributed by atoms with E-state index in [1.54, 1.807) is 0 Å². The van der Waals surface area contributed by atoms with Crippen LogP contribution in [0.15, 0.2) is 12.7 Å². The Kier molecular flexibility index (Phi) is 6.56. The third kappa shape index (κ3) is 4.64. The second-order valence-electron chi connectivity index (χ2n) is 5.66. The van der Waals surface area contributed by atoms with E-state index in [4.69, 9.17) is 9.47 Å². The Morgan fingerprint density at radius 2 is 2.21 bits per heavy atom. The van der Waals surface area contributed by atoms with Gasteiger partial charge in [-0.25, -0.2) is 4.79 Å². The molecule has 1 fully saturated rings. The van der Waals surface area contributed by atoms with Crippen LogP contribution in [-0.2, 0) is 14.3 Å². The lowest BCUT2D eigenvalue weighted by Crippen LogP contribution is -2.49. The Labute approximate surface area is 117 Å². The van der Waals surface area contributed by atoms with Gasteiger partial charge in [-0.1, -0.05) is 32.8 Å². The largest absolute Gasteiger partial charge is 0.453 e. The average Bonchev–Trinajstić information content (AvgIpc) is 2.40. The van der Waals surface area contributed by atoms with E-state index >= 15 is 0 Å². The molecule has 0 radical (unpaired) electrons. The standard InChI is InChI=1S/C16H28O3/c1-5-8-9-13-10-11-16(4,19-15(17)6-2)14(12-13)18-7-3/h6,13-14H,2,5,7-12H2,1,3-4H3. The van der Waals surface area contributed by atoms with Gasteiger partial charge >= 0.3 is 5.97 Å². The molecule has 3 nitrogen and oxygen atoms in total. The molecule has 1 aliphatic rings. The van der Waals surface area contributed by atoms with Gasteiger partial charge in [-0.2, -0.15) is 0 Å². The molecule has 0 aromatic carbocycles. The first-order valence-corrected chi connectivity index (χ1v) is 7.52. The van der Waals surface area contributed by atoms with Gasteiger partial charge in [0.05, 0.1) is 6.10 Å². The summed E-state index contributed by atoms with van der Waals surface area (Å²) >= 11 is 0. The molecule has 0 N–H and O–H groups in total. The minimum absolute atomic E-state index is 0.0111. The third-order valence-corrected chi connectivity index (χ3v) is 4.11. The predicted molar refractivity (Wildman–Crippen MR) is 77.0 cm³/mol. The van der Waals surface area contributed by atoms with Crippen molar-refractivity contribution >= 4 is 5.97 Å². The monoisotopic (exact) mass is 268 g/mol. The molecular formula is C16H28O3. The van der Waals surface area contributed by atoms with Crippen molar-refractivity contribution in [3.05, 3.63) is 12.7 Å². The SMILES string of the molecule is C=CC(=O)OC1(C)CCC(CCCC)CC1OCC. The van der Waals surface area contributed by atoms with E-state index in [2.05, 4.69) is 13.5 Å². The number of ether oxygens (including phenoxy) is 2. The van der Waals surface area contributed by atoms with Crippen molar-refractivity contribution < 1.29 is 14.3 Å². The maximum Gasteiger partial charge on any atom is 0.330 e. The van der Waals surface area contributed by atoms with Crippen LogP contribution >= 0.6 is 0 Å². The first-order chi connectivity index (χ1) is 9.05. The third-order valence-electron chi connectivity index (χ3n) is 4.11. The highest BCUT2D eigenvalue weighted by Gasteiger charge is 2.43. The maximum atomic E-state index is 11.5. The van der Waals surface area contributed by atoms with Crippen molar-refractivity contribution in [2.45, 2.75) is 71.0 Å². The van der Waals surface area contributed by atoms with Crippen molar-refractivity contribution in [2.75, 3.05) is 6.61 Å². The number of rotatable bonds is 7. The van der Waals surface area contributed by atoms with Gasteiger partial charge in [0.1, 0.15) is 5.60 Å². The molecular weight excluding hydrogens is 240 g/mol. The van der Waals surface area contributed by atoms with Gasteiger partial charge in [-0.15, -0.1) is 0 Å². The van der Waals surface area contributed by atoms with Gasteiger partial charge in [-0.3, -0.25) is 0 Å². The molecule has 0 heterocycles. The molecule has 0 bridgehead atoms. The Morgan fingerprint density at radius 1 is 1.47 bits per heavy atom. The minimum Gasteiger partial charge on any atom is -0.453 e. The van der Waals surface area contributed by atoms with Crippen molar-refractivity contribution in [1.29, 1.82) is 0 Å². The van der Waals surface area contributed by atoms with E-state index in [1.807, 2.05) is 13.8 Å². The van der Waals surface area contributed by atoms with Crippen molar-refractivity contribution in [3.63, 3.8) is 0 Å². The molecule has 0 saturated heterocycles. The summed E-state index contributed by atoms with van der Waals surface area (Å²) in [6.07, 6.45) is 8.00. The summed E-state index contributed by atoms with van der Waals surface area (Å²) in [4.78, 5) is 11.5. The number of esters is 1. The smallest absolute Gasteiger partial charge is 0.330 e. The summed E-state index contributed by atoms with van der Waals surface area (Å²) in [7, 11) is 0. The van der Waals surface area contributed by atoms with Gasteiger partial charge in [0.2, 0.25) is 0 Å². The van der Waals surface area contributed by atoms with E-state index in [1.165, 1.54) is 25.3 Å². The predicted octanol–water partition coefficient (Wildman–Crippen LogP) is 3.87. The van der Waals surface area contributed by atoms with Crippen LogP contribution in [0.25, 0.3) is 0 Å². The van der Waals surface area contributed by atoms with Gasteiger partial charge < -0.3 is 9.47 Å². The Hall–Kier alpha value is -0.830. The van der Waals surface area contributed by atoms with Gasteiger partial charge in [-0.05, 0) is 39.0 Å². The summed E-state index contributed by atoms with van der Waals surface area (Å²) in [6, 6.07) is 0. The van der Waals surface area contributed by atoms with Crippen molar-refractivity contribution in [3.8, 4) is 0 Å². The van der Waals surface area contributed by atoms with Crippen LogP contribution < -0.4 is 0 Å². The summed E-state index contributed by atoms with van der Waals surface area (Å²) < 4.78 is 11.4. The van der Waals surface area contributed by atoms with E-state index in [0.29, 0.717) is 12.5 Å². The number of unbranched alkanes of at least 4 members (excludes halogenated alkanes) is 1. The van der Waals surface area contributed by atoms with Gasteiger partial charge in [0, 0.05) is 12.7 Å². The minimum atomic E-state index is -0.496. The quantitative estimate of drug-likeness (QED) is 0.519. The Balaban J connectivity index is 2.66. The topological polar surface area (TPSA) is 35.5 Å². The molecule has 110 valence electrons. The number of carbonyl (C=O) groups excluding carboxylic acids is 1. The maximum absolute atomic E-state index is 11.5. The summed E-state index contributed by atoms with van der Waals surface area (Å²) in [6.45, 7) is 10.3. The highest BCUT2D eigenvalue weighted by Crippen LogP contribution is 2.39. The second-order valence-corrected chi connectivity index (χ2v) is 5.66. The number of carbonyl (C=O) groups is 1. The fraction of sp³-hybridized carbons (Fsp3) is 0.812. The summed E-state index contributed by atoms with van der Waals surface area (Å²) in [5.41, 5.74) is -0.496.